The highest BCUT2D eigenvalue weighted by Gasteiger charge is 2.23. The summed E-state index contributed by atoms with van der Waals surface area (Å²) in [5.41, 5.74) is 2.30. The molecule has 2 aromatic heterocycles. The molecule has 1 aromatic carbocycles. The average Bonchev–Trinajstić information content (AvgIpc) is 3.05. The lowest BCUT2D eigenvalue weighted by molar-refractivity contribution is 0.102. The van der Waals surface area contributed by atoms with Crippen LogP contribution in [0.25, 0.3) is 11.3 Å². The lowest BCUT2D eigenvalue weighted by Crippen LogP contribution is -2.13. The molecule has 112 valence electrons. The van der Waals surface area contributed by atoms with Crippen LogP contribution in [0.5, 0.6) is 0 Å². The Balaban J connectivity index is 1.99. The van der Waals surface area contributed by atoms with Crippen molar-refractivity contribution < 1.29 is 9.32 Å². The minimum Gasteiger partial charge on any atom is -0.360 e. The predicted octanol–water partition coefficient (Wildman–Crippen LogP) is 4.32. The lowest BCUT2D eigenvalue weighted by atomic mass is 10.1. The second kappa shape index (κ2) is 5.90. The van der Waals surface area contributed by atoms with E-state index in [4.69, 9.17) is 16.1 Å². The number of hydrogen-bond acceptors (Lipinski definition) is 5. The Morgan fingerprint density at radius 3 is 2.77 bits per heavy atom. The van der Waals surface area contributed by atoms with Crippen LogP contribution < -0.4 is 5.32 Å². The van der Waals surface area contributed by atoms with Crippen molar-refractivity contribution >= 4 is 34.0 Å². The third-order valence-corrected chi connectivity index (χ3v) is 4.26. The summed E-state index contributed by atoms with van der Waals surface area (Å²) in [5, 5.41) is 9.65. The van der Waals surface area contributed by atoms with Crippen molar-refractivity contribution in [2.45, 2.75) is 13.8 Å². The van der Waals surface area contributed by atoms with Crippen LogP contribution in [-0.4, -0.2) is 16.0 Å². The molecule has 0 radical (unpaired) electrons. The molecule has 0 saturated heterocycles. The third kappa shape index (κ3) is 2.75. The zero-order chi connectivity index (χ0) is 15.7. The van der Waals surface area contributed by atoms with Crippen LogP contribution >= 0.6 is 22.9 Å². The molecule has 5 nitrogen and oxygen atoms in total. The van der Waals surface area contributed by atoms with Crippen molar-refractivity contribution in [2.24, 2.45) is 0 Å². The van der Waals surface area contributed by atoms with E-state index in [2.05, 4.69) is 15.5 Å². The van der Waals surface area contributed by atoms with Gasteiger partial charge in [0.15, 0.2) is 5.13 Å². The first-order chi connectivity index (χ1) is 10.6. The molecule has 0 aliphatic carbocycles. The average molecular weight is 334 g/mol. The van der Waals surface area contributed by atoms with Crippen LogP contribution in [0.2, 0.25) is 5.02 Å². The van der Waals surface area contributed by atoms with Crippen molar-refractivity contribution in [1.82, 2.24) is 10.1 Å². The highest BCUT2D eigenvalue weighted by molar-refractivity contribution is 7.13. The fourth-order valence-corrected chi connectivity index (χ4v) is 2.96. The Hall–Kier alpha value is -2.18. The second-order valence-electron chi connectivity index (χ2n) is 4.69. The van der Waals surface area contributed by atoms with Crippen LogP contribution in [0.4, 0.5) is 5.13 Å². The van der Waals surface area contributed by atoms with E-state index in [1.165, 1.54) is 11.3 Å². The topological polar surface area (TPSA) is 68.0 Å². The molecular formula is C15H12ClN3O2S. The Bertz CT molecular complexity index is 841. The SMILES string of the molecule is Cc1csc(NC(=O)c2c(-c3ccccc3Cl)noc2C)n1. The van der Waals surface area contributed by atoms with E-state index < -0.39 is 0 Å². The monoisotopic (exact) mass is 333 g/mol. The molecule has 2 heterocycles. The number of anilines is 1. The van der Waals surface area contributed by atoms with Gasteiger partial charge in [-0.1, -0.05) is 35.0 Å². The van der Waals surface area contributed by atoms with Gasteiger partial charge in [0.05, 0.1) is 10.7 Å². The number of aromatic nitrogens is 2. The Morgan fingerprint density at radius 2 is 2.09 bits per heavy atom. The second-order valence-corrected chi connectivity index (χ2v) is 5.96. The Labute approximate surface area is 135 Å². The van der Waals surface area contributed by atoms with Crippen molar-refractivity contribution in [1.29, 1.82) is 0 Å². The number of rotatable bonds is 3. The quantitative estimate of drug-likeness (QED) is 0.775. The summed E-state index contributed by atoms with van der Waals surface area (Å²) in [6, 6.07) is 7.19. The van der Waals surface area contributed by atoms with Crippen molar-refractivity contribution in [3.05, 3.63) is 51.7 Å². The van der Waals surface area contributed by atoms with Gasteiger partial charge in [-0.25, -0.2) is 4.98 Å². The van der Waals surface area contributed by atoms with E-state index in [-0.39, 0.29) is 5.91 Å². The molecule has 22 heavy (non-hydrogen) atoms. The molecule has 0 aliphatic rings. The van der Waals surface area contributed by atoms with Gasteiger partial charge in [-0.15, -0.1) is 11.3 Å². The van der Waals surface area contributed by atoms with Gasteiger partial charge in [-0.2, -0.15) is 0 Å². The molecule has 0 spiro atoms. The van der Waals surface area contributed by atoms with E-state index in [1.54, 1.807) is 19.1 Å². The molecule has 0 unspecified atom stereocenters. The summed E-state index contributed by atoms with van der Waals surface area (Å²) in [6.07, 6.45) is 0. The molecular weight excluding hydrogens is 322 g/mol. The Morgan fingerprint density at radius 1 is 1.32 bits per heavy atom. The zero-order valence-corrected chi connectivity index (χ0v) is 13.5. The van der Waals surface area contributed by atoms with Crippen molar-refractivity contribution in [2.75, 3.05) is 5.32 Å². The summed E-state index contributed by atoms with van der Waals surface area (Å²) in [7, 11) is 0. The first kappa shape index (κ1) is 14.7. The summed E-state index contributed by atoms with van der Waals surface area (Å²) in [5.74, 6) is 0.115. The maximum Gasteiger partial charge on any atom is 0.263 e. The molecule has 0 bridgehead atoms. The molecule has 3 aromatic rings. The van der Waals surface area contributed by atoms with Gasteiger partial charge < -0.3 is 4.52 Å². The molecule has 3 rings (SSSR count). The van der Waals surface area contributed by atoms with Gasteiger partial charge in [-0.05, 0) is 19.9 Å². The summed E-state index contributed by atoms with van der Waals surface area (Å²) in [6.45, 7) is 3.56. The van der Waals surface area contributed by atoms with Gasteiger partial charge in [0, 0.05) is 10.9 Å². The Kier molecular flexibility index (Phi) is 3.96. The van der Waals surface area contributed by atoms with Crippen molar-refractivity contribution in [3.8, 4) is 11.3 Å². The maximum atomic E-state index is 12.5. The first-order valence-corrected chi connectivity index (χ1v) is 7.76. The number of nitrogens with one attached hydrogen (secondary N) is 1. The molecule has 1 amide bonds. The van der Waals surface area contributed by atoms with Crippen molar-refractivity contribution in [3.63, 3.8) is 0 Å². The van der Waals surface area contributed by atoms with Gasteiger partial charge in [0.2, 0.25) is 0 Å². The zero-order valence-electron chi connectivity index (χ0n) is 11.9. The molecule has 1 N–H and O–H groups in total. The fourth-order valence-electron chi connectivity index (χ4n) is 2.05. The van der Waals surface area contributed by atoms with Gasteiger partial charge in [0.1, 0.15) is 17.0 Å². The summed E-state index contributed by atoms with van der Waals surface area (Å²) < 4.78 is 5.18. The summed E-state index contributed by atoms with van der Waals surface area (Å²) >= 11 is 7.55. The van der Waals surface area contributed by atoms with E-state index in [1.807, 2.05) is 24.4 Å². The molecule has 7 heteroatoms. The molecule has 0 aliphatic heterocycles. The normalized spacial score (nSPS) is 10.7. The van der Waals surface area contributed by atoms with Gasteiger partial charge in [0.25, 0.3) is 5.91 Å². The minimum atomic E-state index is -0.317. The number of benzene rings is 1. The third-order valence-electron chi connectivity index (χ3n) is 3.06. The van der Waals surface area contributed by atoms with Gasteiger partial charge in [-0.3, -0.25) is 10.1 Å². The van der Waals surface area contributed by atoms with E-state index in [0.717, 1.165) is 5.69 Å². The molecule has 0 fully saturated rings. The lowest BCUT2D eigenvalue weighted by Gasteiger charge is -2.04. The number of amides is 1. The minimum absolute atomic E-state index is 0.317. The largest absolute Gasteiger partial charge is 0.360 e. The van der Waals surface area contributed by atoms with E-state index in [0.29, 0.717) is 32.7 Å². The van der Waals surface area contributed by atoms with Crippen LogP contribution in [0.3, 0.4) is 0 Å². The number of carbonyl (C=O) groups excluding carboxylic acids is 1. The van der Waals surface area contributed by atoms with Gasteiger partial charge >= 0.3 is 0 Å². The van der Waals surface area contributed by atoms with E-state index in [9.17, 15) is 4.79 Å². The number of hydrogen-bond donors (Lipinski definition) is 1. The van der Waals surface area contributed by atoms with Crippen LogP contribution in [-0.2, 0) is 0 Å². The number of halogens is 1. The molecule has 0 atom stereocenters. The van der Waals surface area contributed by atoms with Crippen LogP contribution in [0.1, 0.15) is 21.8 Å². The fraction of sp³-hybridized carbons (Fsp3) is 0.133. The smallest absolute Gasteiger partial charge is 0.263 e. The number of carbonyl (C=O) groups is 1. The number of nitrogens with zero attached hydrogens (tertiary/aromatic N) is 2. The van der Waals surface area contributed by atoms with E-state index >= 15 is 0 Å². The summed E-state index contributed by atoms with van der Waals surface area (Å²) in [4.78, 5) is 16.7. The highest BCUT2D eigenvalue weighted by atomic mass is 35.5. The van der Waals surface area contributed by atoms with Crippen LogP contribution in [0, 0.1) is 13.8 Å². The first-order valence-electron chi connectivity index (χ1n) is 6.51. The standard InChI is InChI=1S/C15H12ClN3O2S/c1-8-7-22-15(17-8)18-14(20)12-9(2)21-19-13(12)10-5-3-4-6-11(10)16/h3-7H,1-2H3,(H,17,18,20). The molecule has 0 saturated carbocycles. The van der Waals surface area contributed by atoms with Crippen LogP contribution in [0.15, 0.2) is 34.2 Å². The number of aryl methyl sites for hydroxylation is 2. The highest BCUT2D eigenvalue weighted by Crippen LogP contribution is 2.31. The predicted molar refractivity (Wildman–Crippen MR) is 86.5 cm³/mol. The number of thiazole rings is 1. The maximum absolute atomic E-state index is 12.5.